The predicted octanol–water partition coefficient (Wildman–Crippen LogP) is 4.12. The van der Waals surface area contributed by atoms with Crippen LogP contribution in [0.2, 0.25) is 0 Å². The Morgan fingerprint density at radius 1 is 1.18 bits per heavy atom. The number of hydrogen-bond acceptors (Lipinski definition) is 3. The molecule has 0 amide bonds. The van der Waals surface area contributed by atoms with Crippen LogP contribution >= 0.6 is 11.3 Å². The monoisotopic (exact) mass is 247 g/mol. The fourth-order valence-electron chi connectivity index (χ4n) is 1.63. The van der Waals surface area contributed by atoms with Crippen LogP contribution in [-0.4, -0.2) is 12.1 Å². The minimum atomic E-state index is 0.193. The summed E-state index contributed by atoms with van der Waals surface area (Å²) in [4.78, 5) is 6.75. The molecule has 0 spiro atoms. The summed E-state index contributed by atoms with van der Waals surface area (Å²) in [7, 11) is 1.69. The van der Waals surface area contributed by atoms with Crippen LogP contribution in [0.3, 0.4) is 0 Å². The Bertz CT molecular complexity index is 511. The molecule has 0 aromatic carbocycles. The fourth-order valence-corrected chi connectivity index (χ4v) is 2.71. The normalized spacial score (nSPS) is 11.5. The first-order valence-electron chi connectivity index (χ1n) is 5.61. The Morgan fingerprint density at radius 3 is 2.53 bits per heavy atom. The van der Waals surface area contributed by atoms with Gasteiger partial charge in [-0.25, -0.2) is 0 Å². The van der Waals surface area contributed by atoms with Crippen molar-refractivity contribution in [3.8, 4) is 16.2 Å². The third-order valence-electron chi connectivity index (χ3n) is 2.61. The van der Waals surface area contributed by atoms with E-state index in [0.717, 1.165) is 11.3 Å². The second-order valence-electron chi connectivity index (χ2n) is 4.99. The lowest BCUT2D eigenvalue weighted by molar-refractivity contribution is 0.416. The second kappa shape index (κ2) is 4.49. The van der Waals surface area contributed by atoms with Crippen molar-refractivity contribution in [1.29, 1.82) is 0 Å². The molecule has 0 fully saturated rings. The molecule has 0 aliphatic heterocycles. The first kappa shape index (κ1) is 12.1. The molecule has 0 saturated carbocycles. The third-order valence-corrected chi connectivity index (χ3v) is 4.16. The average Bonchev–Trinajstić information content (AvgIpc) is 2.77. The standard InChI is InChI=1S/C14H17NOS/c1-14(2,3)13-6-5-12(17-13)10-9-15-8-7-11(10)16-4/h5-9H,1-4H3. The van der Waals surface area contributed by atoms with Crippen molar-refractivity contribution in [2.45, 2.75) is 26.2 Å². The molecule has 17 heavy (non-hydrogen) atoms. The quantitative estimate of drug-likeness (QED) is 0.796. The lowest BCUT2D eigenvalue weighted by atomic mass is 9.95. The minimum absolute atomic E-state index is 0.193. The molecular weight excluding hydrogens is 230 g/mol. The molecule has 3 heteroatoms. The van der Waals surface area contributed by atoms with Crippen LogP contribution in [0.25, 0.3) is 10.4 Å². The van der Waals surface area contributed by atoms with Crippen molar-refractivity contribution in [1.82, 2.24) is 4.98 Å². The molecule has 2 heterocycles. The molecular formula is C14H17NOS. The zero-order valence-corrected chi connectivity index (χ0v) is 11.5. The summed E-state index contributed by atoms with van der Waals surface area (Å²) in [5, 5.41) is 0. The van der Waals surface area contributed by atoms with Crippen LogP contribution < -0.4 is 4.74 Å². The molecule has 0 N–H and O–H groups in total. The highest BCUT2D eigenvalue weighted by Crippen LogP contribution is 2.38. The van der Waals surface area contributed by atoms with Gasteiger partial charge in [-0.2, -0.15) is 0 Å². The van der Waals surface area contributed by atoms with Gasteiger partial charge in [-0.05, 0) is 23.6 Å². The number of aromatic nitrogens is 1. The highest BCUT2D eigenvalue weighted by molar-refractivity contribution is 7.15. The van der Waals surface area contributed by atoms with Crippen molar-refractivity contribution in [3.05, 3.63) is 35.5 Å². The van der Waals surface area contributed by atoms with Crippen molar-refractivity contribution in [2.75, 3.05) is 7.11 Å². The molecule has 0 aliphatic rings. The SMILES string of the molecule is COc1ccncc1-c1ccc(C(C)(C)C)s1. The van der Waals surface area contributed by atoms with Gasteiger partial charge in [-0.15, -0.1) is 11.3 Å². The largest absolute Gasteiger partial charge is 0.496 e. The molecule has 0 radical (unpaired) electrons. The average molecular weight is 247 g/mol. The van der Waals surface area contributed by atoms with Gasteiger partial charge < -0.3 is 4.74 Å². The maximum Gasteiger partial charge on any atom is 0.130 e. The van der Waals surface area contributed by atoms with Gasteiger partial charge in [0.1, 0.15) is 5.75 Å². The van der Waals surface area contributed by atoms with E-state index in [1.807, 2.05) is 12.3 Å². The molecule has 90 valence electrons. The minimum Gasteiger partial charge on any atom is -0.496 e. The number of pyridine rings is 1. The molecule has 0 bridgehead atoms. The van der Waals surface area contributed by atoms with E-state index in [0.29, 0.717) is 0 Å². The van der Waals surface area contributed by atoms with E-state index >= 15 is 0 Å². The van der Waals surface area contributed by atoms with Gasteiger partial charge in [0.05, 0.1) is 12.7 Å². The Balaban J connectivity index is 2.44. The number of hydrogen-bond donors (Lipinski definition) is 0. The van der Waals surface area contributed by atoms with Crippen molar-refractivity contribution >= 4 is 11.3 Å². The third kappa shape index (κ3) is 2.50. The summed E-state index contributed by atoms with van der Waals surface area (Å²) in [6.07, 6.45) is 3.61. The van der Waals surface area contributed by atoms with Gasteiger partial charge >= 0.3 is 0 Å². The smallest absolute Gasteiger partial charge is 0.130 e. The topological polar surface area (TPSA) is 22.1 Å². The summed E-state index contributed by atoms with van der Waals surface area (Å²) in [5.74, 6) is 0.877. The Hall–Kier alpha value is -1.35. The van der Waals surface area contributed by atoms with Gasteiger partial charge in [-0.3, -0.25) is 4.98 Å². The van der Waals surface area contributed by atoms with Crippen LogP contribution in [0.15, 0.2) is 30.6 Å². The maximum atomic E-state index is 5.36. The van der Waals surface area contributed by atoms with E-state index in [1.54, 1.807) is 24.6 Å². The van der Waals surface area contributed by atoms with Crippen LogP contribution in [-0.2, 0) is 5.41 Å². The van der Waals surface area contributed by atoms with Crippen molar-refractivity contribution in [2.24, 2.45) is 0 Å². The van der Waals surface area contributed by atoms with Crippen LogP contribution in [0.4, 0.5) is 0 Å². The predicted molar refractivity (Wildman–Crippen MR) is 72.8 cm³/mol. The summed E-state index contributed by atoms with van der Waals surface area (Å²) >= 11 is 1.80. The summed E-state index contributed by atoms with van der Waals surface area (Å²) in [5.41, 5.74) is 1.26. The highest BCUT2D eigenvalue weighted by atomic mass is 32.1. The molecule has 0 saturated heterocycles. The lowest BCUT2D eigenvalue weighted by Crippen LogP contribution is -2.07. The van der Waals surface area contributed by atoms with E-state index in [9.17, 15) is 0 Å². The van der Waals surface area contributed by atoms with Crippen molar-refractivity contribution < 1.29 is 4.74 Å². The van der Waals surface area contributed by atoms with Gasteiger partial charge in [0.15, 0.2) is 0 Å². The molecule has 0 atom stereocenters. The van der Waals surface area contributed by atoms with Gasteiger partial charge in [0.25, 0.3) is 0 Å². The van der Waals surface area contributed by atoms with E-state index in [2.05, 4.69) is 37.9 Å². The van der Waals surface area contributed by atoms with Crippen LogP contribution in [0.5, 0.6) is 5.75 Å². The number of methoxy groups -OCH3 is 1. The maximum absolute atomic E-state index is 5.36. The zero-order chi connectivity index (χ0) is 12.5. The number of ether oxygens (including phenoxy) is 1. The van der Waals surface area contributed by atoms with Gasteiger partial charge in [0.2, 0.25) is 0 Å². The summed E-state index contributed by atoms with van der Waals surface area (Å²) < 4.78 is 5.36. The molecule has 2 aromatic heterocycles. The number of thiophene rings is 1. The van der Waals surface area contributed by atoms with E-state index in [4.69, 9.17) is 4.74 Å². The molecule has 2 rings (SSSR count). The van der Waals surface area contributed by atoms with E-state index in [-0.39, 0.29) is 5.41 Å². The van der Waals surface area contributed by atoms with Crippen molar-refractivity contribution in [3.63, 3.8) is 0 Å². The Labute approximate surface area is 106 Å². The second-order valence-corrected chi connectivity index (χ2v) is 6.07. The van der Waals surface area contributed by atoms with Crippen LogP contribution in [0, 0.1) is 0 Å². The summed E-state index contributed by atoms with van der Waals surface area (Å²) in [6.45, 7) is 6.68. The van der Waals surface area contributed by atoms with E-state index < -0.39 is 0 Å². The lowest BCUT2D eigenvalue weighted by Gasteiger charge is -2.15. The Kier molecular flexibility index (Phi) is 3.20. The Morgan fingerprint density at radius 2 is 1.94 bits per heavy atom. The number of nitrogens with zero attached hydrogens (tertiary/aromatic N) is 1. The fraction of sp³-hybridized carbons (Fsp3) is 0.357. The molecule has 0 unspecified atom stereocenters. The van der Waals surface area contributed by atoms with E-state index in [1.165, 1.54) is 9.75 Å². The molecule has 2 aromatic rings. The highest BCUT2D eigenvalue weighted by Gasteiger charge is 2.17. The molecule has 0 aliphatic carbocycles. The van der Waals surface area contributed by atoms with Crippen LogP contribution in [0.1, 0.15) is 25.6 Å². The molecule has 2 nitrogen and oxygen atoms in total. The first-order chi connectivity index (χ1) is 8.02. The van der Waals surface area contributed by atoms with Gasteiger partial charge in [-0.1, -0.05) is 20.8 Å². The summed E-state index contributed by atoms with van der Waals surface area (Å²) in [6, 6.07) is 6.23. The first-order valence-corrected chi connectivity index (χ1v) is 6.42. The van der Waals surface area contributed by atoms with Gasteiger partial charge in [0, 0.05) is 22.1 Å². The number of rotatable bonds is 2. The zero-order valence-electron chi connectivity index (χ0n) is 10.7.